The average molecular weight is 228 g/mol. The molecule has 1 heterocycles. The zero-order valence-electron chi connectivity index (χ0n) is 10.2. The molecule has 0 radical (unpaired) electrons. The number of amides is 1. The Bertz CT molecular complexity index is 266. The second-order valence-corrected chi connectivity index (χ2v) is 4.27. The molecule has 0 bridgehead atoms. The number of rotatable bonds is 3. The maximum Gasteiger partial charge on any atom is 0.307 e. The molecule has 0 aromatic rings. The van der Waals surface area contributed by atoms with Gasteiger partial charge in [0.15, 0.2) is 0 Å². The van der Waals surface area contributed by atoms with Crippen LogP contribution in [0.25, 0.3) is 0 Å². The Labute approximate surface area is 96.1 Å². The number of carbonyl (C=O) groups excluding carboxylic acids is 2. The van der Waals surface area contributed by atoms with Crippen LogP contribution in [0, 0.1) is 0 Å². The van der Waals surface area contributed by atoms with Crippen LogP contribution in [0.4, 0.5) is 0 Å². The van der Waals surface area contributed by atoms with Gasteiger partial charge in [0.1, 0.15) is 0 Å². The topological polar surface area (TPSA) is 58.6 Å². The third kappa shape index (κ3) is 3.20. The Morgan fingerprint density at radius 2 is 2.31 bits per heavy atom. The molecule has 1 aliphatic rings. The van der Waals surface area contributed by atoms with Crippen molar-refractivity contribution < 1.29 is 14.3 Å². The fourth-order valence-corrected chi connectivity index (χ4v) is 1.97. The van der Waals surface area contributed by atoms with Gasteiger partial charge in [-0.15, -0.1) is 0 Å². The zero-order valence-corrected chi connectivity index (χ0v) is 10.2. The molecule has 1 rings (SSSR count). The normalized spacial score (nSPS) is 22.8. The van der Waals surface area contributed by atoms with Gasteiger partial charge < -0.3 is 10.1 Å². The van der Waals surface area contributed by atoms with Crippen molar-refractivity contribution in [2.45, 2.75) is 38.8 Å². The molecule has 1 saturated heterocycles. The lowest BCUT2D eigenvalue weighted by atomic mass is 10.1. The number of hydrogen-bond acceptors (Lipinski definition) is 4. The Morgan fingerprint density at radius 1 is 1.62 bits per heavy atom. The highest BCUT2D eigenvalue weighted by Gasteiger charge is 2.31. The molecule has 1 amide bonds. The quantitative estimate of drug-likeness (QED) is 0.698. The fraction of sp³-hybridized carbons (Fsp3) is 0.818. The van der Waals surface area contributed by atoms with Crippen LogP contribution in [0.15, 0.2) is 0 Å². The zero-order chi connectivity index (χ0) is 12.1. The van der Waals surface area contributed by atoms with E-state index in [4.69, 9.17) is 0 Å². The Balaban J connectivity index is 2.76. The van der Waals surface area contributed by atoms with Crippen LogP contribution >= 0.6 is 0 Å². The minimum absolute atomic E-state index is 0.0726. The SMILES string of the molecule is COC(=O)CC1C(=O)NCCCN1C(C)C. The van der Waals surface area contributed by atoms with E-state index < -0.39 is 6.04 Å². The lowest BCUT2D eigenvalue weighted by molar-refractivity contribution is -0.145. The van der Waals surface area contributed by atoms with Crippen LogP contribution in [-0.2, 0) is 14.3 Å². The number of nitrogens with zero attached hydrogens (tertiary/aromatic N) is 1. The number of methoxy groups -OCH3 is 1. The first-order chi connectivity index (χ1) is 7.56. The van der Waals surface area contributed by atoms with Gasteiger partial charge in [0.2, 0.25) is 5.91 Å². The first-order valence-electron chi connectivity index (χ1n) is 5.66. The Morgan fingerprint density at radius 3 is 2.88 bits per heavy atom. The summed E-state index contributed by atoms with van der Waals surface area (Å²) in [6.07, 6.45) is 1.04. The Hall–Kier alpha value is -1.10. The minimum Gasteiger partial charge on any atom is -0.469 e. The van der Waals surface area contributed by atoms with Gasteiger partial charge in [0.25, 0.3) is 0 Å². The third-order valence-corrected chi connectivity index (χ3v) is 2.85. The van der Waals surface area contributed by atoms with Gasteiger partial charge in [-0.1, -0.05) is 0 Å². The van der Waals surface area contributed by atoms with Crippen molar-refractivity contribution in [2.24, 2.45) is 0 Å². The van der Waals surface area contributed by atoms with Gasteiger partial charge in [0.05, 0.1) is 19.6 Å². The summed E-state index contributed by atoms with van der Waals surface area (Å²) in [5, 5.41) is 2.82. The van der Waals surface area contributed by atoms with Crippen molar-refractivity contribution in [1.82, 2.24) is 10.2 Å². The highest BCUT2D eigenvalue weighted by atomic mass is 16.5. The molecule has 0 saturated carbocycles. The van der Waals surface area contributed by atoms with E-state index in [9.17, 15) is 9.59 Å². The smallest absolute Gasteiger partial charge is 0.307 e. The largest absolute Gasteiger partial charge is 0.469 e. The fourth-order valence-electron chi connectivity index (χ4n) is 1.97. The monoisotopic (exact) mass is 228 g/mol. The third-order valence-electron chi connectivity index (χ3n) is 2.85. The van der Waals surface area contributed by atoms with Crippen molar-refractivity contribution in [3.05, 3.63) is 0 Å². The molecule has 0 aromatic heterocycles. The van der Waals surface area contributed by atoms with E-state index in [1.807, 2.05) is 13.8 Å². The van der Waals surface area contributed by atoms with Crippen molar-refractivity contribution in [1.29, 1.82) is 0 Å². The standard InChI is InChI=1S/C11H20N2O3/c1-8(2)13-6-4-5-12-11(15)9(13)7-10(14)16-3/h8-9H,4-7H2,1-3H3,(H,12,15). The molecule has 0 aromatic carbocycles. The molecule has 5 heteroatoms. The molecule has 16 heavy (non-hydrogen) atoms. The van der Waals surface area contributed by atoms with Gasteiger partial charge in [-0.05, 0) is 20.3 Å². The maximum absolute atomic E-state index is 11.8. The summed E-state index contributed by atoms with van der Waals surface area (Å²) in [6.45, 7) is 5.57. The van der Waals surface area contributed by atoms with Crippen LogP contribution in [0.3, 0.4) is 0 Å². The second kappa shape index (κ2) is 5.84. The lowest BCUT2D eigenvalue weighted by Gasteiger charge is -2.30. The molecule has 1 fully saturated rings. The number of hydrogen-bond donors (Lipinski definition) is 1. The highest BCUT2D eigenvalue weighted by Crippen LogP contribution is 2.13. The number of nitrogens with one attached hydrogen (secondary N) is 1. The van der Waals surface area contributed by atoms with E-state index in [2.05, 4.69) is 15.0 Å². The summed E-state index contributed by atoms with van der Waals surface area (Å²) >= 11 is 0. The van der Waals surface area contributed by atoms with E-state index in [1.54, 1.807) is 0 Å². The Kier molecular flexibility index (Phi) is 4.73. The number of ether oxygens (including phenoxy) is 1. The van der Waals surface area contributed by atoms with Crippen molar-refractivity contribution in [2.75, 3.05) is 20.2 Å². The molecule has 1 aliphatic heterocycles. The van der Waals surface area contributed by atoms with E-state index >= 15 is 0 Å². The number of carbonyl (C=O) groups is 2. The predicted octanol–water partition coefficient (Wildman–Crippen LogP) is 0.148. The van der Waals surface area contributed by atoms with Crippen molar-refractivity contribution in [3.63, 3.8) is 0 Å². The van der Waals surface area contributed by atoms with E-state index in [1.165, 1.54) is 7.11 Å². The molecule has 0 aliphatic carbocycles. The predicted molar refractivity (Wildman–Crippen MR) is 59.9 cm³/mol. The van der Waals surface area contributed by atoms with Crippen LogP contribution in [0.5, 0.6) is 0 Å². The molecule has 1 atom stereocenters. The molecule has 1 N–H and O–H groups in total. The molecular weight excluding hydrogens is 208 g/mol. The van der Waals surface area contributed by atoms with Crippen LogP contribution < -0.4 is 5.32 Å². The van der Waals surface area contributed by atoms with E-state index in [0.29, 0.717) is 6.54 Å². The summed E-state index contributed by atoms with van der Waals surface area (Å²) in [5.41, 5.74) is 0. The maximum atomic E-state index is 11.8. The van der Waals surface area contributed by atoms with Gasteiger partial charge in [-0.2, -0.15) is 0 Å². The molecule has 0 spiro atoms. The average Bonchev–Trinajstić information content (AvgIpc) is 2.42. The van der Waals surface area contributed by atoms with E-state index in [-0.39, 0.29) is 24.3 Å². The van der Waals surface area contributed by atoms with Gasteiger partial charge in [-0.25, -0.2) is 0 Å². The summed E-state index contributed by atoms with van der Waals surface area (Å²) in [5.74, 6) is -0.413. The first-order valence-corrected chi connectivity index (χ1v) is 5.66. The van der Waals surface area contributed by atoms with Crippen molar-refractivity contribution in [3.8, 4) is 0 Å². The minimum atomic E-state index is -0.394. The number of esters is 1. The van der Waals surface area contributed by atoms with Crippen molar-refractivity contribution >= 4 is 11.9 Å². The molecular formula is C11H20N2O3. The highest BCUT2D eigenvalue weighted by molar-refractivity contribution is 5.86. The van der Waals surface area contributed by atoms with Gasteiger partial charge in [-0.3, -0.25) is 14.5 Å². The summed E-state index contributed by atoms with van der Waals surface area (Å²) in [7, 11) is 1.34. The molecule has 92 valence electrons. The van der Waals surface area contributed by atoms with Crippen LogP contribution in [-0.4, -0.2) is 49.1 Å². The molecule has 1 unspecified atom stereocenters. The van der Waals surface area contributed by atoms with E-state index in [0.717, 1.165) is 13.0 Å². The van der Waals surface area contributed by atoms with Crippen LogP contribution in [0.1, 0.15) is 26.7 Å². The second-order valence-electron chi connectivity index (χ2n) is 4.27. The summed E-state index contributed by atoms with van der Waals surface area (Å²) in [6, 6.07) is -0.145. The summed E-state index contributed by atoms with van der Waals surface area (Å²) < 4.78 is 4.62. The summed E-state index contributed by atoms with van der Waals surface area (Å²) in [4.78, 5) is 25.2. The lowest BCUT2D eigenvalue weighted by Crippen LogP contribution is -2.48. The van der Waals surface area contributed by atoms with Gasteiger partial charge >= 0.3 is 5.97 Å². The molecule has 5 nitrogen and oxygen atoms in total. The van der Waals surface area contributed by atoms with Crippen LogP contribution in [0.2, 0.25) is 0 Å². The van der Waals surface area contributed by atoms with Gasteiger partial charge in [0, 0.05) is 19.1 Å². The first kappa shape index (κ1) is 13.0.